The van der Waals surface area contributed by atoms with E-state index in [-0.39, 0.29) is 19.2 Å². The summed E-state index contributed by atoms with van der Waals surface area (Å²) in [6, 6.07) is 5.31. The van der Waals surface area contributed by atoms with Crippen molar-refractivity contribution in [3.8, 4) is 11.5 Å². The van der Waals surface area contributed by atoms with Gasteiger partial charge in [-0.05, 0) is 54.8 Å². The highest BCUT2D eigenvalue weighted by molar-refractivity contribution is 8.18. The van der Waals surface area contributed by atoms with Gasteiger partial charge in [-0.15, -0.1) is 0 Å². The SMILES string of the molecule is O=C(CN1C(=O)S/C(=C\c2ccc3c(c2)OCO3)C1=O)N1CCCCC1. The summed E-state index contributed by atoms with van der Waals surface area (Å²) in [5.74, 6) is 0.667. The number of carbonyl (C=O) groups is 3. The zero-order chi connectivity index (χ0) is 18.1. The maximum Gasteiger partial charge on any atom is 0.294 e. The molecule has 0 spiro atoms. The van der Waals surface area contributed by atoms with Gasteiger partial charge < -0.3 is 14.4 Å². The topological polar surface area (TPSA) is 76.1 Å². The van der Waals surface area contributed by atoms with E-state index >= 15 is 0 Å². The minimum absolute atomic E-state index is 0.170. The highest BCUT2D eigenvalue weighted by Gasteiger charge is 2.37. The summed E-state index contributed by atoms with van der Waals surface area (Å²) in [4.78, 5) is 40.2. The minimum atomic E-state index is -0.428. The molecule has 1 aromatic carbocycles. The lowest BCUT2D eigenvalue weighted by molar-refractivity contribution is -0.136. The summed E-state index contributed by atoms with van der Waals surface area (Å²) < 4.78 is 10.6. The van der Waals surface area contributed by atoms with Crippen molar-refractivity contribution in [3.63, 3.8) is 0 Å². The van der Waals surface area contributed by atoms with E-state index in [2.05, 4.69) is 0 Å². The highest BCUT2D eigenvalue weighted by atomic mass is 32.2. The highest BCUT2D eigenvalue weighted by Crippen LogP contribution is 2.36. The average molecular weight is 374 g/mol. The van der Waals surface area contributed by atoms with E-state index in [0.29, 0.717) is 29.5 Å². The zero-order valence-electron chi connectivity index (χ0n) is 14.1. The summed E-state index contributed by atoms with van der Waals surface area (Å²) in [5, 5.41) is -0.410. The Morgan fingerprint density at radius 1 is 1.12 bits per heavy atom. The molecule has 3 heterocycles. The molecule has 1 aromatic rings. The van der Waals surface area contributed by atoms with Crippen LogP contribution in [0.25, 0.3) is 6.08 Å². The molecule has 3 aliphatic rings. The molecule has 0 aliphatic carbocycles. The Labute approximate surface area is 154 Å². The largest absolute Gasteiger partial charge is 0.454 e. The van der Waals surface area contributed by atoms with Crippen LogP contribution in [-0.4, -0.2) is 53.3 Å². The van der Waals surface area contributed by atoms with Crippen LogP contribution in [0, 0.1) is 0 Å². The molecule has 0 saturated carbocycles. The summed E-state index contributed by atoms with van der Waals surface area (Å²) in [7, 11) is 0. The lowest BCUT2D eigenvalue weighted by Gasteiger charge is -2.27. The van der Waals surface area contributed by atoms with Crippen molar-refractivity contribution < 1.29 is 23.9 Å². The molecule has 26 heavy (non-hydrogen) atoms. The first-order chi connectivity index (χ1) is 12.6. The van der Waals surface area contributed by atoms with E-state index in [1.807, 2.05) is 0 Å². The van der Waals surface area contributed by atoms with Gasteiger partial charge in [-0.3, -0.25) is 19.3 Å². The Kier molecular flexibility index (Phi) is 4.58. The quantitative estimate of drug-likeness (QED) is 0.757. The molecule has 0 N–H and O–H groups in total. The van der Waals surface area contributed by atoms with E-state index in [0.717, 1.165) is 41.5 Å². The van der Waals surface area contributed by atoms with Gasteiger partial charge in [0.25, 0.3) is 11.1 Å². The number of imide groups is 1. The third-order valence-electron chi connectivity index (χ3n) is 4.57. The molecule has 3 amide bonds. The van der Waals surface area contributed by atoms with E-state index in [9.17, 15) is 14.4 Å². The number of benzene rings is 1. The van der Waals surface area contributed by atoms with Crippen LogP contribution in [0.3, 0.4) is 0 Å². The van der Waals surface area contributed by atoms with Gasteiger partial charge in [0.1, 0.15) is 6.54 Å². The second kappa shape index (κ2) is 7.03. The minimum Gasteiger partial charge on any atom is -0.454 e. The first-order valence-electron chi connectivity index (χ1n) is 8.54. The summed E-state index contributed by atoms with van der Waals surface area (Å²) in [5.41, 5.74) is 0.738. The average Bonchev–Trinajstić information content (AvgIpc) is 3.22. The lowest BCUT2D eigenvalue weighted by atomic mass is 10.1. The van der Waals surface area contributed by atoms with E-state index in [1.165, 1.54) is 0 Å². The van der Waals surface area contributed by atoms with Gasteiger partial charge in [0.05, 0.1) is 4.91 Å². The Morgan fingerprint density at radius 3 is 2.69 bits per heavy atom. The Morgan fingerprint density at radius 2 is 1.88 bits per heavy atom. The maximum absolute atomic E-state index is 12.6. The molecule has 8 heteroatoms. The second-order valence-electron chi connectivity index (χ2n) is 6.32. The summed E-state index contributed by atoms with van der Waals surface area (Å²) in [6.45, 7) is 1.38. The fourth-order valence-electron chi connectivity index (χ4n) is 3.17. The third-order valence-corrected chi connectivity index (χ3v) is 5.48. The number of thioether (sulfide) groups is 1. The van der Waals surface area contributed by atoms with E-state index in [1.54, 1.807) is 29.2 Å². The van der Waals surface area contributed by atoms with Crippen LogP contribution in [0.5, 0.6) is 11.5 Å². The van der Waals surface area contributed by atoms with Gasteiger partial charge in [0.2, 0.25) is 12.7 Å². The van der Waals surface area contributed by atoms with E-state index in [4.69, 9.17) is 9.47 Å². The molecule has 0 radical (unpaired) electrons. The Balaban J connectivity index is 1.47. The van der Waals surface area contributed by atoms with Crippen molar-refractivity contribution in [3.05, 3.63) is 28.7 Å². The lowest BCUT2D eigenvalue weighted by Crippen LogP contribution is -2.44. The van der Waals surface area contributed by atoms with Gasteiger partial charge in [0, 0.05) is 13.1 Å². The number of likely N-dealkylation sites (tertiary alicyclic amines) is 1. The molecule has 0 atom stereocenters. The first kappa shape index (κ1) is 17.0. The standard InChI is InChI=1S/C18H18N2O5S/c21-16(19-6-2-1-3-7-19)10-20-17(22)15(26-18(20)23)9-12-4-5-13-14(8-12)25-11-24-13/h4-5,8-9H,1-3,6-7,10-11H2/b15-9-. The monoisotopic (exact) mass is 374 g/mol. The molecule has 4 rings (SSSR count). The maximum atomic E-state index is 12.6. The van der Waals surface area contributed by atoms with Crippen molar-refractivity contribution in [2.75, 3.05) is 26.4 Å². The van der Waals surface area contributed by atoms with Crippen LogP contribution in [0.15, 0.2) is 23.1 Å². The zero-order valence-corrected chi connectivity index (χ0v) is 14.9. The number of rotatable bonds is 3. The number of fused-ring (bicyclic) bond motifs is 1. The van der Waals surface area contributed by atoms with Crippen molar-refractivity contribution >= 4 is 34.9 Å². The Hall–Kier alpha value is -2.48. The summed E-state index contributed by atoms with van der Waals surface area (Å²) in [6.07, 6.45) is 4.69. The van der Waals surface area contributed by atoms with E-state index < -0.39 is 11.1 Å². The number of hydrogen-bond acceptors (Lipinski definition) is 6. The number of amides is 3. The molecule has 136 valence electrons. The number of ether oxygens (including phenoxy) is 2. The number of carbonyl (C=O) groups excluding carboxylic acids is 3. The molecule has 7 nitrogen and oxygen atoms in total. The van der Waals surface area contributed by atoms with Crippen molar-refractivity contribution in [2.45, 2.75) is 19.3 Å². The smallest absolute Gasteiger partial charge is 0.294 e. The van der Waals surface area contributed by atoms with Crippen LogP contribution in [0.1, 0.15) is 24.8 Å². The van der Waals surface area contributed by atoms with Gasteiger partial charge >= 0.3 is 0 Å². The third kappa shape index (κ3) is 3.29. The molecule has 0 aromatic heterocycles. The molecule has 0 bridgehead atoms. The summed E-state index contributed by atoms with van der Waals surface area (Å²) >= 11 is 0.854. The number of hydrogen-bond donors (Lipinski definition) is 0. The van der Waals surface area contributed by atoms with Crippen LogP contribution < -0.4 is 9.47 Å². The number of nitrogens with zero attached hydrogens (tertiary/aromatic N) is 2. The fraction of sp³-hybridized carbons (Fsp3) is 0.389. The predicted octanol–water partition coefficient (Wildman–Crippen LogP) is 2.46. The van der Waals surface area contributed by atoms with Gasteiger partial charge in [-0.25, -0.2) is 0 Å². The normalized spacial score (nSPS) is 21.0. The molecule has 2 fully saturated rings. The van der Waals surface area contributed by atoms with Gasteiger partial charge in [-0.2, -0.15) is 0 Å². The van der Waals surface area contributed by atoms with Crippen molar-refractivity contribution in [2.24, 2.45) is 0 Å². The fourth-order valence-corrected chi connectivity index (χ4v) is 4.01. The van der Waals surface area contributed by atoms with Crippen LogP contribution >= 0.6 is 11.8 Å². The molecule has 2 saturated heterocycles. The van der Waals surface area contributed by atoms with Gasteiger partial charge in [-0.1, -0.05) is 6.07 Å². The van der Waals surface area contributed by atoms with Crippen LogP contribution in [0.4, 0.5) is 4.79 Å². The molecular weight excluding hydrogens is 356 g/mol. The second-order valence-corrected chi connectivity index (χ2v) is 7.32. The van der Waals surface area contributed by atoms with Crippen LogP contribution in [-0.2, 0) is 9.59 Å². The van der Waals surface area contributed by atoms with Gasteiger partial charge in [0.15, 0.2) is 11.5 Å². The number of piperidine rings is 1. The Bertz CT molecular complexity index is 801. The molecule has 3 aliphatic heterocycles. The first-order valence-corrected chi connectivity index (χ1v) is 9.36. The van der Waals surface area contributed by atoms with Crippen molar-refractivity contribution in [1.82, 2.24) is 9.80 Å². The van der Waals surface area contributed by atoms with Crippen molar-refractivity contribution in [1.29, 1.82) is 0 Å². The predicted molar refractivity (Wildman–Crippen MR) is 95.7 cm³/mol. The van der Waals surface area contributed by atoms with Crippen LogP contribution in [0.2, 0.25) is 0 Å². The molecular formula is C18H18N2O5S. The molecule has 0 unspecified atom stereocenters.